The molecular weight excluding hydrogens is 528 g/mol. The van der Waals surface area contributed by atoms with Gasteiger partial charge >= 0.3 is 12.1 Å². The summed E-state index contributed by atoms with van der Waals surface area (Å²) in [4.78, 5) is 70.4. The number of allylic oxidation sites excluding steroid dienone is 1. The minimum absolute atomic E-state index is 0.128. The lowest BCUT2D eigenvalue weighted by Crippen LogP contribution is -2.71. The number of primary amides is 1. The maximum absolute atomic E-state index is 13.2. The average Bonchev–Trinajstić information content (AvgIpc) is 3.34. The number of carbonyl (C=O) groups excluding carboxylic acids is 4. The van der Waals surface area contributed by atoms with Crippen LogP contribution < -0.4 is 16.4 Å². The highest BCUT2D eigenvalue weighted by Crippen LogP contribution is 2.40. The lowest BCUT2D eigenvalue weighted by atomic mass is 10.0. The Labute approximate surface area is 217 Å². The molecule has 0 spiro atoms. The molecular formula is C21H22N6O8S2. The highest BCUT2D eigenvalue weighted by molar-refractivity contribution is 8.00. The number of rotatable bonds is 10. The third-order valence-electron chi connectivity index (χ3n) is 5.56. The molecule has 1 aromatic rings. The van der Waals surface area contributed by atoms with Gasteiger partial charge in [-0.1, -0.05) is 11.2 Å². The first-order valence-electron chi connectivity index (χ1n) is 11.0. The number of oxime groups is 1. The number of thioether (sulfide) groups is 1. The third-order valence-corrected chi connectivity index (χ3v) is 7.67. The predicted molar refractivity (Wildman–Crippen MR) is 131 cm³/mol. The summed E-state index contributed by atoms with van der Waals surface area (Å²) in [6, 6.07) is -1.04. The van der Waals surface area contributed by atoms with Crippen molar-refractivity contribution < 1.29 is 38.7 Å². The molecule has 1 aliphatic carbocycles. The van der Waals surface area contributed by atoms with E-state index in [9.17, 15) is 29.1 Å². The smallest absolute Gasteiger partial charge is 0.404 e. The first-order valence-corrected chi connectivity index (χ1v) is 12.9. The van der Waals surface area contributed by atoms with Crippen molar-refractivity contribution in [3.05, 3.63) is 34.5 Å². The average molecular weight is 551 g/mol. The molecule has 4 amide bonds. The number of nitrogens with zero attached hydrogens (tertiary/aromatic N) is 3. The zero-order valence-corrected chi connectivity index (χ0v) is 20.8. The number of hydrogen-bond donors (Lipinski definition) is 4. The van der Waals surface area contributed by atoms with Crippen molar-refractivity contribution >= 4 is 64.2 Å². The second kappa shape index (κ2) is 11.4. The minimum atomic E-state index is -1.37. The van der Waals surface area contributed by atoms with E-state index in [4.69, 9.17) is 15.3 Å². The number of carboxylic acid groups (broad SMARTS) is 1. The van der Waals surface area contributed by atoms with Crippen molar-refractivity contribution in [1.82, 2.24) is 15.2 Å². The molecule has 1 aromatic heterocycles. The van der Waals surface area contributed by atoms with Gasteiger partial charge in [0.1, 0.15) is 35.5 Å². The molecule has 3 atom stereocenters. The molecule has 0 aromatic carbocycles. The standard InChI is InChI=1S/C21H22N6O8S2/c22-20(33)34-6-10-7-36-18-14(17(30)27(18)15(10)19(31)32)25-16(29)13(12-8-37-21(24-12)23-9-28)26-35-11-4-2-1-3-5-11/h2,4,8-9,11,14,18H,1,3,5-7H2,(H2,22,33)(H,25,29)(H,31,32)(H,23,24,28)/t11?,14?,18-/m1/s1. The van der Waals surface area contributed by atoms with Crippen molar-refractivity contribution in [2.45, 2.75) is 36.8 Å². The molecule has 1 fully saturated rings. The number of fused-ring (bicyclic) bond motifs is 1. The lowest BCUT2D eigenvalue weighted by Gasteiger charge is -2.49. The van der Waals surface area contributed by atoms with E-state index in [0.29, 0.717) is 12.8 Å². The molecule has 3 aliphatic rings. The monoisotopic (exact) mass is 550 g/mol. The number of aromatic nitrogens is 1. The first-order chi connectivity index (χ1) is 17.8. The number of carboxylic acids is 1. The van der Waals surface area contributed by atoms with E-state index in [0.717, 1.165) is 29.1 Å². The Balaban J connectivity index is 1.52. The molecule has 3 heterocycles. The molecule has 1 saturated heterocycles. The Bertz CT molecular complexity index is 1210. The Hall–Kier alpha value is -3.92. The molecule has 0 bridgehead atoms. The molecule has 2 aliphatic heterocycles. The van der Waals surface area contributed by atoms with Crippen molar-refractivity contribution in [3.8, 4) is 0 Å². The van der Waals surface area contributed by atoms with Crippen LogP contribution in [-0.4, -0.2) is 80.9 Å². The van der Waals surface area contributed by atoms with Gasteiger partial charge in [0.15, 0.2) is 10.8 Å². The number of hydrogen-bond acceptors (Lipinski definition) is 11. The van der Waals surface area contributed by atoms with Gasteiger partial charge in [-0.3, -0.25) is 19.3 Å². The molecule has 4 rings (SSSR count). The molecule has 0 radical (unpaired) electrons. The van der Waals surface area contributed by atoms with Gasteiger partial charge < -0.3 is 31.0 Å². The summed E-state index contributed by atoms with van der Waals surface area (Å²) in [5.41, 5.74) is 4.78. The number of ether oxygens (including phenoxy) is 1. The Morgan fingerprint density at radius 1 is 1.38 bits per heavy atom. The number of aliphatic carboxylic acids is 1. The number of nitrogens with two attached hydrogens (primary N) is 1. The molecule has 0 saturated carbocycles. The summed E-state index contributed by atoms with van der Waals surface area (Å²) in [6.07, 6.45) is 5.38. The zero-order valence-electron chi connectivity index (χ0n) is 19.1. The highest BCUT2D eigenvalue weighted by atomic mass is 32.2. The molecule has 2 unspecified atom stereocenters. The number of anilines is 1. The van der Waals surface area contributed by atoms with Gasteiger partial charge in [0, 0.05) is 16.7 Å². The van der Waals surface area contributed by atoms with Crippen molar-refractivity contribution in [2.75, 3.05) is 17.7 Å². The van der Waals surface area contributed by atoms with Gasteiger partial charge in [0.25, 0.3) is 11.8 Å². The Morgan fingerprint density at radius 3 is 2.86 bits per heavy atom. The summed E-state index contributed by atoms with van der Waals surface area (Å²) < 4.78 is 4.70. The molecule has 37 heavy (non-hydrogen) atoms. The van der Waals surface area contributed by atoms with E-state index in [1.807, 2.05) is 12.2 Å². The van der Waals surface area contributed by atoms with E-state index < -0.39 is 35.3 Å². The maximum Gasteiger partial charge on any atom is 0.404 e. The number of β-lactam (4-membered cyclic amide) rings is 1. The summed E-state index contributed by atoms with van der Waals surface area (Å²) in [7, 11) is 0. The SMILES string of the molecule is NC(=O)OCC1=C(C(=O)O)N2C(=O)C(NC(=O)C(=NOC3C=CCCC3)c3csc(NC=O)n3)[C@H]2SC1. The van der Waals surface area contributed by atoms with E-state index in [-0.39, 0.29) is 46.3 Å². The van der Waals surface area contributed by atoms with Crippen LogP contribution in [0.15, 0.2) is 34.0 Å². The second-order valence-corrected chi connectivity index (χ2v) is 9.93. The number of thiazole rings is 1. The van der Waals surface area contributed by atoms with Crippen LogP contribution in [0.2, 0.25) is 0 Å². The van der Waals surface area contributed by atoms with Crippen LogP contribution in [0, 0.1) is 0 Å². The lowest BCUT2D eigenvalue weighted by molar-refractivity contribution is -0.150. The zero-order chi connectivity index (χ0) is 26.5. The van der Waals surface area contributed by atoms with Gasteiger partial charge in [-0.25, -0.2) is 14.6 Å². The first kappa shape index (κ1) is 26.2. The van der Waals surface area contributed by atoms with E-state index in [2.05, 4.69) is 20.8 Å². The van der Waals surface area contributed by atoms with Crippen LogP contribution in [-0.2, 0) is 28.8 Å². The number of carbonyl (C=O) groups is 5. The van der Waals surface area contributed by atoms with Gasteiger partial charge in [0.05, 0.1) is 0 Å². The molecule has 5 N–H and O–H groups in total. The number of amides is 4. The summed E-state index contributed by atoms with van der Waals surface area (Å²) in [6.45, 7) is -0.373. The van der Waals surface area contributed by atoms with E-state index in [1.165, 1.54) is 17.1 Å². The Kier molecular flexibility index (Phi) is 8.08. The fraction of sp³-hybridized carbons (Fsp3) is 0.381. The fourth-order valence-corrected chi connectivity index (χ4v) is 5.84. The van der Waals surface area contributed by atoms with E-state index >= 15 is 0 Å². The fourth-order valence-electron chi connectivity index (χ4n) is 3.86. The summed E-state index contributed by atoms with van der Waals surface area (Å²) in [5, 5.41) is 19.7. The predicted octanol–water partition coefficient (Wildman–Crippen LogP) is 0.375. The van der Waals surface area contributed by atoms with Gasteiger partial charge in [-0.05, 0) is 25.3 Å². The number of nitrogens with one attached hydrogen (secondary N) is 2. The molecule has 16 heteroatoms. The third kappa shape index (κ3) is 5.75. The van der Waals surface area contributed by atoms with E-state index in [1.54, 1.807) is 0 Å². The van der Waals surface area contributed by atoms with Crippen LogP contribution in [0.25, 0.3) is 0 Å². The maximum atomic E-state index is 13.2. The van der Waals surface area contributed by atoms with Crippen molar-refractivity contribution in [1.29, 1.82) is 0 Å². The minimum Gasteiger partial charge on any atom is -0.477 e. The van der Waals surface area contributed by atoms with Crippen LogP contribution >= 0.6 is 23.1 Å². The van der Waals surface area contributed by atoms with Crippen LogP contribution in [0.1, 0.15) is 25.0 Å². The largest absolute Gasteiger partial charge is 0.477 e. The van der Waals surface area contributed by atoms with Gasteiger partial charge in [-0.2, -0.15) is 0 Å². The van der Waals surface area contributed by atoms with Gasteiger partial charge in [0.2, 0.25) is 6.41 Å². The summed E-state index contributed by atoms with van der Waals surface area (Å²) >= 11 is 2.27. The van der Waals surface area contributed by atoms with Crippen LogP contribution in [0.5, 0.6) is 0 Å². The summed E-state index contributed by atoms with van der Waals surface area (Å²) in [5.74, 6) is -2.65. The van der Waals surface area contributed by atoms with Crippen molar-refractivity contribution in [3.63, 3.8) is 0 Å². The molecule has 196 valence electrons. The topological polar surface area (TPSA) is 203 Å². The van der Waals surface area contributed by atoms with Gasteiger partial charge in [-0.15, -0.1) is 23.1 Å². The second-order valence-electron chi connectivity index (χ2n) is 7.97. The molecule has 14 nitrogen and oxygen atoms in total. The van der Waals surface area contributed by atoms with Crippen molar-refractivity contribution in [2.24, 2.45) is 10.9 Å². The highest BCUT2D eigenvalue weighted by Gasteiger charge is 2.54. The van der Waals surface area contributed by atoms with Crippen LogP contribution in [0.3, 0.4) is 0 Å². The normalized spacial score (nSPS) is 23.0. The quantitative estimate of drug-likeness (QED) is 0.104. The Morgan fingerprint density at radius 2 is 2.19 bits per heavy atom. The van der Waals surface area contributed by atoms with Crippen LogP contribution in [0.4, 0.5) is 9.93 Å².